The van der Waals surface area contributed by atoms with E-state index in [1.807, 2.05) is 31.2 Å². The third kappa shape index (κ3) is 3.43. The van der Waals surface area contributed by atoms with E-state index in [2.05, 4.69) is 9.71 Å². The van der Waals surface area contributed by atoms with Gasteiger partial charge in [0.2, 0.25) is 10.0 Å². The highest BCUT2D eigenvalue weighted by Crippen LogP contribution is 2.17. The molecule has 1 N–H and O–H groups in total. The van der Waals surface area contributed by atoms with E-state index in [-0.39, 0.29) is 11.4 Å². The van der Waals surface area contributed by atoms with Crippen LogP contribution in [-0.2, 0) is 23.0 Å². The average Bonchev–Trinajstić information content (AvgIpc) is 2.92. The van der Waals surface area contributed by atoms with Crippen molar-refractivity contribution in [1.82, 2.24) is 9.71 Å². The molecular formula is C17H18N2O3S. The maximum absolute atomic E-state index is 12.3. The van der Waals surface area contributed by atoms with Gasteiger partial charge < -0.3 is 4.42 Å². The van der Waals surface area contributed by atoms with E-state index in [4.69, 9.17) is 4.42 Å². The minimum atomic E-state index is -3.53. The van der Waals surface area contributed by atoms with Gasteiger partial charge in [0.1, 0.15) is 5.52 Å². The summed E-state index contributed by atoms with van der Waals surface area (Å²) in [4.78, 5) is 4.49. The molecule has 0 fully saturated rings. The zero-order valence-electron chi connectivity index (χ0n) is 13.0. The quantitative estimate of drug-likeness (QED) is 0.780. The van der Waals surface area contributed by atoms with Crippen molar-refractivity contribution in [3.63, 3.8) is 0 Å². The Morgan fingerprint density at radius 1 is 1.09 bits per heavy atom. The lowest BCUT2D eigenvalue weighted by Crippen LogP contribution is -2.23. The summed E-state index contributed by atoms with van der Waals surface area (Å²) in [6.07, 6.45) is 0.879. The Bertz CT molecular complexity index is 928. The van der Waals surface area contributed by atoms with E-state index in [1.54, 1.807) is 25.1 Å². The zero-order valence-corrected chi connectivity index (χ0v) is 13.9. The second kappa shape index (κ2) is 6.14. The molecule has 0 radical (unpaired) electrons. The molecular weight excluding hydrogens is 312 g/mol. The van der Waals surface area contributed by atoms with Gasteiger partial charge in [-0.1, -0.05) is 25.1 Å². The molecule has 5 nitrogen and oxygen atoms in total. The first-order valence-electron chi connectivity index (χ1n) is 7.42. The molecule has 23 heavy (non-hydrogen) atoms. The van der Waals surface area contributed by atoms with Crippen LogP contribution in [-0.4, -0.2) is 13.4 Å². The number of nitrogens with zero attached hydrogens (tertiary/aromatic N) is 1. The molecule has 0 saturated heterocycles. The zero-order chi connectivity index (χ0) is 16.4. The van der Waals surface area contributed by atoms with Crippen molar-refractivity contribution in [2.75, 3.05) is 0 Å². The lowest BCUT2D eigenvalue weighted by Gasteiger charge is -2.07. The monoisotopic (exact) mass is 330 g/mol. The van der Waals surface area contributed by atoms with Crippen molar-refractivity contribution in [3.05, 3.63) is 59.5 Å². The van der Waals surface area contributed by atoms with Crippen molar-refractivity contribution in [2.45, 2.75) is 31.7 Å². The molecule has 3 aromatic rings. The number of hydrogen-bond acceptors (Lipinski definition) is 4. The molecule has 0 aliphatic rings. The summed E-state index contributed by atoms with van der Waals surface area (Å²) in [7, 11) is -3.53. The summed E-state index contributed by atoms with van der Waals surface area (Å²) in [6.45, 7) is 4.01. The average molecular weight is 330 g/mol. The Balaban J connectivity index is 1.76. The molecule has 0 atom stereocenters. The van der Waals surface area contributed by atoms with E-state index in [9.17, 15) is 8.42 Å². The van der Waals surface area contributed by atoms with Gasteiger partial charge in [0, 0.05) is 13.5 Å². The van der Waals surface area contributed by atoms with Gasteiger partial charge in [-0.3, -0.25) is 0 Å². The van der Waals surface area contributed by atoms with E-state index in [0.29, 0.717) is 11.5 Å². The summed E-state index contributed by atoms with van der Waals surface area (Å²) in [5.74, 6) is 0.591. The minimum Gasteiger partial charge on any atom is -0.441 e. The topological polar surface area (TPSA) is 72.2 Å². The number of sulfonamides is 1. The second-order valence-corrected chi connectivity index (χ2v) is 7.12. The largest absolute Gasteiger partial charge is 0.441 e. The van der Waals surface area contributed by atoms with Gasteiger partial charge in [-0.05, 0) is 41.8 Å². The maximum Gasteiger partial charge on any atom is 0.240 e. The first-order chi connectivity index (χ1) is 11.0. The van der Waals surface area contributed by atoms with E-state index < -0.39 is 10.0 Å². The third-order valence-electron chi connectivity index (χ3n) is 3.67. The standard InChI is InChI=1S/C17H18N2O3S/c1-3-13-4-7-15(8-5-13)23(20,21)18-11-14-6-9-16-17(10-14)22-12(2)19-16/h4-10,18H,3,11H2,1-2H3. The number of fused-ring (bicyclic) bond motifs is 1. The van der Waals surface area contributed by atoms with Gasteiger partial charge in [-0.25, -0.2) is 18.1 Å². The Labute approximate surface area is 135 Å². The molecule has 0 amide bonds. The van der Waals surface area contributed by atoms with Gasteiger partial charge in [-0.15, -0.1) is 0 Å². The van der Waals surface area contributed by atoms with Crippen LogP contribution < -0.4 is 4.72 Å². The number of oxazole rings is 1. The van der Waals surface area contributed by atoms with Crippen LogP contribution >= 0.6 is 0 Å². The van der Waals surface area contributed by atoms with Crippen molar-refractivity contribution >= 4 is 21.1 Å². The number of hydrogen-bond donors (Lipinski definition) is 1. The normalized spacial score (nSPS) is 11.9. The second-order valence-electron chi connectivity index (χ2n) is 5.36. The molecule has 0 unspecified atom stereocenters. The molecule has 0 bridgehead atoms. The van der Waals surface area contributed by atoms with Crippen LogP contribution in [0.25, 0.3) is 11.1 Å². The fraction of sp³-hybridized carbons (Fsp3) is 0.235. The first kappa shape index (κ1) is 15.7. The SMILES string of the molecule is CCc1ccc(S(=O)(=O)NCc2ccc3nc(C)oc3c2)cc1. The molecule has 2 aromatic carbocycles. The van der Waals surface area contributed by atoms with Crippen molar-refractivity contribution in [3.8, 4) is 0 Å². The van der Waals surface area contributed by atoms with Gasteiger partial charge in [0.05, 0.1) is 4.90 Å². The Hall–Kier alpha value is -2.18. The summed E-state index contributed by atoms with van der Waals surface area (Å²) in [5.41, 5.74) is 3.35. The Kier molecular flexibility index (Phi) is 4.19. The predicted octanol–water partition coefficient (Wildman–Crippen LogP) is 3.18. The van der Waals surface area contributed by atoms with Crippen LogP contribution in [0.1, 0.15) is 23.9 Å². The summed E-state index contributed by atoms with van der Waals surface area (Å²) in [6, 6.07) is 12.4. The van der Waals surface area contributed by atoms with Crippen LogP contribution in [0.3, 0.4) is 0 Å². The van der Waals surface area contributed by atoms with E-state index in [1.165, 1.54) is 0 Å². The van der Waals surface area contributed by atoms with Gasteiger partial charge in [0.25, 0.3) is 0 Å². The molecule has 0 aliphatic heterocycles. The van der Waals surface area contributed by atoms with Gasteiger partial charge >= 0.3 is 0 Å². The van der Waals surface area contributed by atoms with Crippen LogP contribution in [0.15, 0.2) is 51.8 Å². The third-order valence-corrected chi connectivity index (χ3v) is 5.09. The molecule has 0 spiro atoms. The Morgan fingerprint density at radius 3 is 2.48 bits per heavy atom. The fourth-order valence-corrected chi connectivity index (χ4v) is 3.38. The number of benzene rings is 2. The van der Waals surface area contributed by atoms with Crippen molar-refractivity contribution in [1.29, 1.82) is 0 Å². The van der Waals surface area contributed by atoms with Crippen LogP contribution in [0.5, 0.6) is 0 Å². The number of rotatable bonds is 5. The Morgan fingerprint density at radius 2 is 1.78 bits per heavy atom. The molecule has 6 heteroatoms. The van der Waals surface area contributed by atoms with E-state index >= 15 is 0 Å². The molecule has 1 heterocycles. The summed E-state index contributed by atoms with van der Waals surface area (Å²) < 4.78 is 32.7. The molecule has 120 valence electrons. The fourth-order valence-electron chi connectivity index (χ4n) is 2.36. The smallest absolute Gasteiger partial charge is 0.240 e. The van der Waals surface area contributed by atoms with Crippen molar-refractivity contribution in [2.24, 2.45) is 0 Å². The maximum atomic E-state index is 12.3. The molecule has 1 aromatic heterocycles. The highest BCUT2D eigenvalue weighted by Gasteiger charge is 2.14. The van der Waals surface area contributed by atoms with E-state index in [0.717, 1.165) is 23.1 Å². The van der Waals surface area contributed by atoms with Crippen molar-refractivity contribution < 1.29 is 12.8 Å². The minimum absolute atomic E-state index is 0.202. The molecule has 0 saturated carbocycles. The molecule has 3 rings (SSSR count). The van der Waals surface area contributed by atoms with Gasteiger partial charge in [0.15, 0.2) is 11.5 Å². The number of aromatic nitrogens is 1. The van der Waals surface area contributed by atoms with Crippen LogP contribution in [0.4, 0.5) is 0 Å². The number of nitrogens with one attached hydrogen (secondary N) is 1. The lowest BCUT2D eigenvalue weighted by molar-refractivity contribution is 0.560. The first-order valence-corrected chi connectivity index (χ1v) is 8.91. The highest BCUT2D eigenvalue weighted by molar-refractivity contribution is 7.89. The summed E-state index contributed by atoms with van der Waals surface area (Å²) >= 11 is 0. The highest BCUT2D eigenvalue weighted by atomic mass is 32.2. The van der Waals surface area contributed by atoms with Crippen LogP contribution in [0.2, 0.25) is 0 Å². The van der Waals surface area contributed by atoms with Crippen LogP contribution in [0, 0.1) is 6.92 Å². The predicted molar refractivity (Wildman–Crippen MR) is 88.6 cm³/mol. The van der Waals surface area contributed by atoms with Gasteiger partial charge in [-0.2, -0.15) is 0 Å². The molecule has 0 aliphatic carbocycles. The summed E-state index contributed by atoms with van der Waals surface area (Å²) in [5, 5.41) is 0. The number of aryl methyl sites for hydroxylation is 2. The lowest BCUT2D eigenvalue weighted by atomic mass is 10.2.